The lowest BCUT2D eigenvalue weighted by Gasteiger charge is -1.93. The van der Waals surface area contributed by atoms with Crippen molar-refractivity contribution in [1.29, 1.82) is 0 Å². The summed E-state index contributed by atoms with van der Waals surface area (Å²) in [6, 6.07) is 18.8. The number of hydrogen-bond acceptors (Lipinski definition) is 1. The summed E-state index contributed by atoms with van der Waals surface area (Å²) in [6.45, 7) is 0. The lowest BCUT2D eigenvalue weighted by molar-refractivity contribution is 0.672. The monoisotopic (exact) mass is 335 g/mol. The van der Waals surface area contributed by atoms with Crippen LogP contribution in [-0.2, 0) is 0 Å². The zero-order valence-corrected chi connectivity index (χ0v) is 12.6. The third-order valence-corrected chi connectivity index (χ3v) is 4.57. The molecule has 1 N–H and O–H groups in total. The molecule has 0 aliphatic heterocycles. The summed E-state index contributed by atoms with van der Waals surface area (Å²) in [6.07, 6.45) is 0. The summed E-state index contributed by atoms with van der Waals surface area (Å²) in [5.74, 6) is 0. The molecule has 0 aliphatic rings. The van der Waals surface area contributed by atoms with Crippen LogP contribution in [0.3, 0.4) is 0 Å². The average molecular weight is 336 g/mol. The number of H-pyrrole nitrogens is 1. The maximum atomic E-state index is 6.08. The van der Waals surface area contributed by atoms with E-state index in [-0.39, 0.29) is 0 Å². The van der Waals surface area contributed by atoms with Crippen LogP contribution < -0.4 is 0 Å². The molecule has 0 saturated heterocycles. The summed E-state index contributed by atoms with van der Waals surface area (Å²) in [7, 11) is 0. The highest BCUT2D eigenvalue weighted by Crippen LogP contribution is 2.36. The number of halogens is 1. The van der Waals surface area contributed by atoms with Gasteiger partial charge in [-0.1, -0.05) is 46.3 Å². The second-order valence-electron chi connectivity index (χ2n) is 5.28. The summed E-state index contributed by atoms with van der Waals surface area (Å²) in [4.78, 5) is 3.50. The predicted molar refractivity (Wildman–Crippen MR) is 90.8 cm³/mol. The minimum atomic E-state index is 0.930. The van der Waals surface area contributed by atoms with Gasteiger partial charge in [-0.15, -0.1) is 0 Å². The van der Waals surface area contributed by atoms with Crippen molar-refractivity contribution in [2.24, 2.45) is 0 Å². The maximum Gasteiger partial charge on any atom is 0.159 e. The van der Waals surface area contributed by atoms with Crippen LogP contribution in [0.5, 0.6) is 0 Å². The molecular weight excluding hydrogens is 326 g/mol. The molecule has 0 unspecified atom stereocenters. The van der Waals surface area contributed by atoms with Gasteiger partial charge >= 0.3 is 0 Å². The molecule has 0 radical (unpaired) electrons. The number of hydrogen-bond donors (Lipinski definition) is 1. The van der Waals surface area contributed by atoms with E-state index in [9.17, 15) is 0 Å². The first-order valence-electron chi connectivity index (χ1n) is 6.82. The van der Waals surface area contributed by atoms with Gasteiger partial charge in [0.15, 0.2) is 5.58 Å². The summed E-state index contributed by atoms with van der Waals surface area (Å²) in [5.41, 5.74) is 4.05. The van der Waals surface area contributed by atoms with Crippen molar-refractivity contribution in [2.75, 3.05) is 0 Å². The lowest BCUT2D eigenvalue weighted by Crippen LogP contribution is -1.69. The fraction of sp³-hybridized carbons (Fsp3) is 0. The first kappa shape index (κ1) is 11.4. The van der Waals surface area contributed by atoms with Crippen molar-refractivity contribution in [2.45, 2.75) is 0 Å². The van der Waals surface area contributed by atoms with Gasteiger partial charge in [-0.2, -0.15) is 0 Å². The Labute approximate surface area is 128 Å². The number of furan rings is 1. The van der Waals surface area contributed by atoms with Crippen LogP contribution in [0.1, 0.15) is 0 Å². The van der Waals surface area contributed by atoms with E-state index >= 15 is 0 Å². The van der Waals surface area contributed by atoms with E-state index < -0.39 is 0 Å². The van der Waals surface area contributed by atoms with Crippen molar-refractivity contribution in [3.63, 3.8) is 0 Å². The third kappa shape index (κ3) is 1.47. The first-order valence-corrected chi connectivity index (χ1v) is 7.62. The molecule has 0 saturated carbocycles. The molecule has 5 rings (SSSR count). The molecule has 2 aromatic heterocycles. The molecule has 0 aliphatic carbocycles. The van der Waals surface area contributed by atoms with Gasteiger partial charge in [0, 0.05) is 31.5 Å². The van der Waals surface area contributed by atoms with E-state index in [1.807, 2.05) is 18.2 Å². The van der Waals surface area contributed by atoms with Crippen LogP contribution in [0.15, 0.2) is 63.5 Å². The molecule has 3 aromatic carbocycles. The van der Waals surface area contributed by atoms with E-state index in [1.165, 1.54) is 10.8 Å². The Balaban J connectivity index is 2.06. The molecule has 5 aromatic rings. The number of aromatic nitrogens is 1. The zero-order valence-electron chi connectivity index (χ0n) is 11.0. The Morgan fingerprint density at radius 1 is 0.810 bits per heavy atom. The topological polar surface area (TPSA) is 28.9 Å². The number of rotatable bonds is 0. The van der Waals surface area contributed by atoms with E-state index in [1.54, 1.807) is 0 Å². The quantitative estimate of drug-likeness (QED) is 0.370. The molecule has 21 heavy (non-hydrogen) atoms. The van der Waals surface area contributed by atoms with E-state index in [2.05, 4.69) is 57.3 Å². The Hall–Kier alpha value is -2.26. The van der Waals surface area contributed by atoms with Crippen LogP contribution in [-0.4, -0.2) is 4.98 Å². The maximum absolute atomic E-state index is 6.08. The molecule has 2 nitrogen and oxygen atoms in total. The second-order valence-corrected chi connectivity index (χ2v) is 6.19. The van der Waals surface area contributed by atoms with Crippen molar-refractivity contribution in [3.05, 3.63) is 59.1 Å². The van der Waals surface area contributed by atoms with Crippen LogP contribution in [0.25, 0.3) is 43.7 Å². The van der Waals surface area contributed by atoms with Gasteiger partial charge in [-0.25, -0.2) is 0 Å². The Kier molecular flexibility index (Phi) is 2.11. The standard InChI is InChI=1S/C18H10BrNO/c19-10-5-6-11-13-7-8-14-12-3-1-2-4-16(12)21-18(14)17(13)20-15(11)9-10/h1-9,20H. The average Bonchev–Trinajstić information content (AvgIpc) is 3.04. The fourth-order valence-corrected chi connectivity index (χ4v) is 3.49. The van der Waals surface area contributed by atoms with E-state index in [4.69, 9.17) is 4.42 Å². The molecule has 0 bridgehead atoms. The van der Waals surface area contributed by atoms with E-state index in [0.717, 1.165) is 37.4 Å². The molecular formula is C18H10BrNO. The van der Waals surface area contributed by atoms with Crippen LogP contribution in [0, 0.1) is 0 Å². The van der Waals surface area contributed by atoms with Gasteiger partial charge < -0.3 is 9.40 Å². The van der Waals surface area contributed by atoms with Gasteiger partial charge in [-0.05, 0) is 24.3 Å². The van der Waals surface area contributed by atoms with Crippen LogP contribution in [0.4, 0.5) is 0 Å². The van der Waals surface area contributed by atoms with Gasteiger partial charge in [0.25, 0.3) is 0 Å². The van der Waals surface area contributed by atoms with Crippen LogP contribution >= 0.6 is 15.9 Å². The Bertz CT molecular complexity index is 1150. The molecule has 0 fully saturated rings. The summed E-state index contributed by atoms with van der Waals surface area (Å²) >= 11 is 3.52. The number of nitrogens with one attached hydrogen (secondary N) is 1. The highest BCUT2D eigenvalue weighted by molar-refractivity contribution is 9.10. The molecule has 0 spiro atoms. The smallest absolute Gasteiger partial charge is 0.159 e. The van der Waals surface area contributed by atoms with Crippen LogP contribution in [0.2, 0.25) is 0 Å². The predicted octanol–water partition coefficient (Wildman–Crippen LogP) is 5.98. The lowest BCUT2D eigenvalue weighted by atomic mass is 10.1. The number of benzene rings is 3. The van der Waals surface area contributed by atoms with Gasteiger partial charge in [0.2, 0.25) is 0 Å². The third-order valence-electron chi connectivity index (χ3n) is 4.08. The number of para-hydroxylation sites is 1. The van der Waals surface area contributed by atoms with Crippen molar-refractivity contribution < 1.29 is 4.42 Å². The molecule has 0 amide bonds. The molecule has 3 heteroatoms. The van der Waals surface area contributed by atoms with Crippen molar-refractivity contribution >= 4 is 59.7 Å². The largest absolute Gasteiger partial charge is 0.454 e. The van der Waals surface area contributed by atoms with Crippen molar-refractivity contribution in [1.82, 2.24) is 4.98 Å². The number of aromatic amines is 1. The van der Waals surface area contributed by atoms with Gasteiger partial charge in [0.05, 0.1) is 5.52 Å². The Morgan fingerprint density at radius 2 is 1.62 bits per heavy atom. The normalized spacial score (nSPS) is 12.0. The molecule has 0 atom stereocenters. The second kappa shape index (κ2) is 3.89. The van der Waals surface area contributed by atoms with Gasteiger partial charge in [0.1, 0.15) is 5.58 Å². The van der Waals surface area contributed by atoms with Crippen molar-refractivity contribution in [3.8, 4) is 0 Å². The van der Waals surface area contributed by atoms with Gasteiger partial charge in [-0.3, -0.25) is 0 Å². The Morgan fingerprint density at radius 3 is 2.57 bits per heavy atom. The molecule has 100 valence electrons. The first-order chi connectivity index (χ1) is 10.3. The number of fused-ring (bicyclic) bond motifs is 7. The zero-order chi connectivity index (χ0) is 14.0. The highest BCUT2D eigenvalue weighted by Gasteiger charge is 2.13. The molecule has 2 heterocycles. The minimum absolute atomic E-state index is 0.930. The SMILES string of the molecule is Brc1ccc2c(c1)[nH]c1c2ccc2c3ccccc3oc21. The fourth-order valence-electron chi connectivity index (χ4n) is 3.13. The minimum Gasteiger partial charge on any atom is -0.454 e. The summed E-state index contributed by atoms with van der Waals surface area (Å²) < 4.78 is 7.15. The summed E-state index contributed by atoms with van der Waals surface area (Å²) in [5, 5.41) is 4.73. The van der Waals surface area contributed by atoms with E-state index in [0.29, 0.717) is 0 Å². The highest BCUT2D eigenvalue weighted by atomic mass is 79.9.